The van der Waals surface area contributed by atoms with Crippen LogP contribution in [0, 0.1) is 0 Å². The van der Waals surface area contributed by atoms with Crippen LogP contribution in [0.1, 0.15) is 28.8 Å². The lowest BCUT2D eigenvalue weighted by Crippen LogP contribution is -2.43. The Hall–Kier alpha value is -1.57. The number of halogens is 4. The minimum atomic E-state index is -4.54. The van der Waals surface area contributed by atoms with Gasteiger partial charge in [0.1, 0.15) is 6.04 Å². The Morgan fingerprint density at radius 1 is 1.33 bits per heavy atom. The molecule has 1 fully saturated rings. The molecule has 1 aromatic rings. The van der Waals surface area contributed by atoms with Gasteiger partial charge in [0.2, 0.25) is 5.91 Å². The minimum absolute atomic E-state index is 0.127. The number of amides is 2. The second-order valence-electron chi connectivity index (χ2n) is 4.75. The van der Waals surface area contributed by atoms with Crippen LogP contribution < -0.4 is 5.73 Å². The molecule has 0 spiro atoms. The van der Waals surface area contributed by atoms with E-state index < -0.39 is 29.6 Å². The number of carbonyl (C=O) groups excluding carboxylic acids is 2. The minimum Gasteiger partial charge on any atom is -0.368 e. The Balaban J connectivity index is 2.37. The molecule has 1 aliphatic heterocycles. The molecule has 1 atom stereocenters. The largest absolute Gasteiger partial charge is 0.416 e. The van der Waals surface area contributed by atoms with Crippen molar-refractivity contribution in [1.29, 1.82) is 0 Å². The molecule has 2 amide bonds. The molecule has 1 unspecified atom stereocenters. The van der Waals surface area contributed by atoms with Crippen LogP contribution in [-0.4, -0.2) is 29.3 Å². The number of alkyl halides is 3. The van der Waals surface area contributed by atoms with Crippen molar-refractivity contribution in [3.05, 3.63) is 33.8 Å². The van der Waals surface area contributed by atoms with E-state index in [9.17, 15) is 22.8 Å². The van der Waals surface area contributed by atoms with Gasteiger partial charge in [-0.25, -0.2) is 0 Å². The summed E-state index contributed by atoms with van der Waals surface area (Å²) in [6.45, 7) is 0.301. The number of hydrogen-bond acceptors (Lipinski definition) is 2. The summed E-state index contributed by atoms with van der Waals surface area (Å²) in [6, 6.07) is 2.07. The van der Waals surface area contributed by atoms with E-state index in [0.717, 1.165) is 12.1 Å². The number of rotatable bonds is 2. The Morgan fingerprint density at radius 2 is 2.00 bits per heavy atom. The van der Waals surface area contributed by atoms with Gasteiger partial charge in [-0.1, -0.05) is 0 Å². The average molecular weight is 365 g/mol. The van der Waals surface area contributed by atoms with Crippen LogP contribution in [0.25, 0.3) is 0 Å². The van der Waals surface area contributed by atoms with Gasteiger partial charge in [0, 0.05) is 11.0 Å². The first-order chi connectivity index (χ1) is 9.71. The Morgan fingerprint density at radius 3 is 2.57 bits per heavy atom. The van der Waals surface area contributed by atoms with Crippen LogP contribution in [0.3, 0.4) is 0 Å². The van der Waals surface area contributed by atoms with Crippen molar-refractivity contribution in [2.24, 2.45) is 5.73 Å². The van der Waals surface area contributed by atoms with Crippen molar-refractivity contribution >= 4 is 27.7 Å². The topological polar surface area (TPSA) is 63.4 Å². The van der Waals surface area contributed by atoms with Gasteiger partial charge in [-0.05, 0) is 47.0 Å². The summed E-state index contributed by atoms with van der Waals surface area (Å²) in [5.74, 6) is -1.28. The third kappa shape index (κ3) is 3.20. The SMILES string of the molecule is NC(=O)C1CCCN1C(=O)c1cc(C(F)(F)F)ccc1Br. The van der Waals surface area contributed by atoms with Crippen molar-refractivity contribution < 1.29 is 22.8 Å². The van der Waals surface area contributed by atoms with E-state index in [1.165, 1.54) is 11.0 Å². The van der Waals surface area contributed by atoms with E-state index in [-0.39, 0.29) is 10.0 Å². The number of likely N-dealkylation sites (tertiary alicyclic amines) is 1. The Labute approximate surface area is 127 Å². The summed E-state index contributed by atoms with van der Waals surface area (Å²) in [7, 11) is 0. The molecule has 1 saturated heterocycles. The highest BCUT2D eigenvalue weighted by molar-refractivity contribution is 9.10. The van der Waals surface area contributed by atoms with E-state index >= 15 is 0 Å². The summed E-state index contributed by atoms with van der Waals surface area (Å²) >= 11 is 3.07. The quantitative estimate of drug-likeness (QED) is 0.876. The normalized spacial score (nSPS) is 18.9. The van der Waals surface area contributed by atoms with E-state index in [4.69, 9.17) is 5.73 Å². The molecule has 4 nitrogen and oxygen atoms in total. The zero-order chi connectivity index (χ0) is 15.8. The monoisotopic (exact) mass is 364 g/mol. The molecule has 0 saturated carbocycles. The number of primary amides is 1. The number of hydrogen-bond donors (Lipinski definition) is 1. The fourth-order valence-corrected chi connectivity index (χ4v) is 2.74. The second-order valence-corrected chi connectivity index (χ2v) is 5.61. The standard InChI is InChI=1S/C13H12BrF3N2O2/c14-9-4-3-7(13(15,16)17)6-8(9)12(21)19-5-1-2-10(19)11(18)20/h3-4,6,10H,1-2,5H2,(H2,18,20). The van der Waals surface area contributed by atoms with Crippen molar-refractivity contribution in [2.75, 3.05) is 6.54 Å². The van der Waals surface area contributed by atoms with Gasteiger partial charge in [-0.2, -0.15) is 13.2 Å². The molecule has 1 aromatic carbocycles. The summed E-state index contributed by atoms with van der Waals surface area (Å²) in [6.07, 6.45) is -3.52. The number of benzene rings is 1. The third-order valence-corrected chi connectivity index (χ3v) is 4.06. The predicted octanol–water partition coefficient (Wildman–Crippen LogP) is 2.56. The lowest BCUT2D eigenvalue weighted by Gasteiger charge is -2.23. The van der Waals surface area contributed by atoms with Gasteiger partial charge >= 0.3 is 6.18 Å². The van der Waals surface area contributed by atoms with Crippen LogP contribution >= 0.6 is 15.9 Å². The second kappa shape index (κ2) is 5.67. The molecule has 0 bridgehead atoms. The van der Waals surface area contributed by atoms with E-state index in [1.807, 2.05) is 0 Å². The smallest absolute Gasteiger partial charge is 0.368 e. The van der Waals surface area contributed by atoms with Crippen molar-refractivity contribution in [2.45, 2.75) is 25.1 Å². The molecule has 0 radical (unpaired) electrons. The van der Waals surface area contributed by atoms with Gasteiger partial charge in [0.05, 0.1) is 11.1 Å². The van der Waals surface area contributed by atoms with E-state index in [0.29, 0.717) is 19.4 Å². The maximum Gasteiger partial charge on any atom is 0.416 e. The van der Waals surface area contributed by atoms with Crippen molar-refractivity contribution in [3.8, 4) is 0 Å². The van der Waals surface area contributed by atoms with E-state index in [2.05, 4.69) is 15.9 Å². The molecular weight excluding hydrogens is 353 g/mol. The summed E-state index contributed by atoms with van der Waals surface area (Å²) in [5.41, 5.74) is 4.18. The highest BCUT2D eigenvalue weighted by atomic mass is 79.9. The fourth-order valence-electron chi connectivity index (χ4n) is 2.33. The molecule has 0 aliphatic carbocycles. The molecular formula is C13H12BrF3N2O2. The van der Waals surface area contributed by atoms with Gasteiger partial charge in [0.25, 0.3) is 5.91 Å². The number of nitrogens with two attached hydrogens (primary N) is 1. The highest BCUT2D eigenvalue weighted by Gasteiger charge is 2.36. The fraction of sp³-hybridized carbons (Fsp3) is 0.385. The van der Waals surface area contributed by atoms with E-state index in [1.54, 1.807) is 0 Å². The zero-order valence-electron chi connectivity index (χ0n) is 10.8. The van der Waals surface area contributed by atoms with Crippen molar-refractivity contribution in [1.82, 2.24) is 4.90 Å². The van der Waals surface area contributed by atoms with Gasteiger partial charge in [0.15, 0.2) is 0 Å². The third-order valence-electron chi connectivity index (χ3n) is 3.37. The maximum atomic E-state index is 12.7. The lowest BCUT2D eigenvalue weighted by atomic mass is 10.1. The molecule has 8 heteroatoms. The summed E-state index contributed by atoms with van der Waals surface area (Å²) < 4.78 is 38.4. The molecule has 1 aliphatic rings. The van der Waals surface area contributed by atoms with Gasteiger partial charge in [-0.3, -0.25) is 9.59 Å². The lowest BCUT2D eigenvalue weighted by molar-refractivity contribution is -0.137. The average Bonchev–Trinajstić information content (AvgIpc) is 2.86. The highest BCUT2D eigenvalue weighted by Crippen LogP contribution is 2.33. The summed E-state index contributed by atoms with van der Waals surface area (Å²) in [4.78, 5) is 24.9. The van der Waals surface area contributed by atoms with Crippen LogP contribution in [0.4, 0.5) is 13.2 Å². The first-order valence-electron chi connectivity index (χ1n) is 6.19. The van der Waals surface area contributed by atoms with Gasteiger partial charge in [-0.15, -0.1) is 0 Å². The van der Waals surface area contributed by atoms with Gasteiger partial charge < -0.3 is 10.6 Å². The molecule has 0 aromatic heterocycles. The molecule has 114 valence electrons. The van der Waals surface area contributed by atoms with Crippen LogP contribution in [0.2, 0.25) is 0 Å². The Kier molecular flexibility index (Phi) is 4.27. The molecule has 2 N–H and O–H groups in total. The summed E-state index contributed by atoms with van der Waals surface area (Å²) in [5, 5.41) is 0. The first kappa shape index (κ1) is 15.8. The molecule has 21 heavy (non-hydrogen) atoms. The van der Waals surface area contributed by atoms with Crippen molar-refractivity contribution in [3.63, 3.8) is 0 Å². The van der Waals surface area contributed by atoms with Crippen LogP contribution in [0.15, 0.2) is 22.7 Å². The molecule has 1 heterocycles. The predicted molar refractivity (Wildman–Crippen MR) is 72.4 cm³/mol. The number of nitrogens with zero attached hydrogens (tertiary/aromatic N) is 1. The Bertz CT molecular complexity index is 589. The maximum absolute atomic E-state index is 12.7. The van der Waals surface area contributed by atoms with Crippen LogP contribution in [-0.2, 0) is 11.0 Å². The first-order valence-corrected chi connectivity index (χ1v) is 6.98. The van der Waals surface area contributed by atoms with Crippen LogP contribution in [0.5, 0.6) is 0 Å². The molecule has 2 rings (SSSR count). The zero-order valence-corrected chi connectivity index (χ0v) is 12.4. The number of carbonyl (C=O) groups is 2.